The van der Waals surface area contributed by atoms with Crippen LogP contribution >= 0.6 is 0 Å². The van der Waals surface area contributed by atoms with Crippen LogP contribution < -0.4 is 10.1 Å². The molecule has 0 fully saturated rings. The summed E-state index contributed by atoms with van der Waals surface area (Å²) in [6.45, 7) is 1.88. The number of hydrogen-bond acceptors (Lipinski definition) is 4. The number of nitrogens with zero attached hydrogens (tertiary/aromatic N) is 2. The van der Waals surface area contributed by atoms with Gasteiger partial charge in [0.15, 0.2) is 0 Å². The molecular weight excluding hydrogens is 230 g/mol. The maximum Gasteiger partial charge on any atom is 0.229 e. The minimum atomic E-state index is -0.185. The van der Waals surface area contributed by atoms with Crippen molar-refractivity contribution >= 4 is 11.9 Å². The van der Waals surface area contributed by atoms with Crippen molar-refractivity contribution in [2.75, 3.05) is 5.32 Å². The smallest absolute Gasteiger partial charge is 0.229 e. The minimum absolute atomic E-state index is 0.185. The molecule has 0 aliphatic carbocycles. The molecule has 0 radical (unpaired) electrons. The van der Waals surface area contributed by atoms with Gasteiger partial charge in [-0.3, -0.25) is 10.1 Å². The molecule has 1 aliphatic rings. The van der Waals surface area contributed by atoms with Crippen LogP contribution in [-0.2, 0) is 11.4 Å². The van der Waals surface area contributed by atoms with Crippen molar-refractivity contribution in [3.8, 4) is 17.0 Å². The molecule has 90 valence electrons. The second-order valence-electron chi connectivity index (χ2n) is 4.03. The fraction of sp³-hybridized carbons (Fsp3) is 0.154. The molecule has 3 rings (SSSR count). The molecular formula is C13H11N3O2. The molecule has 2 heterocycles. The SMILES string of the molecule is CC(=O)Nc1ncc2c(n1)-c1ccccc1OC2. The van der Waals surface area contributed by atoms with Gasteiger partial charge >= 0.3 is 0 Å². The maximum absolute atomic E-state index is 11.0. The largest absolute Gasteiger partial charge is 0.488 e. The summed E-state index contributed by atoms with van der Waals surface area (Å²) in [5.74, 6) is 0.936. The Hall–Kier alpha value is -2.43. The van der Waals surface area contributed by atoms with Crippen LogP contribution in [0, 0.1) is 0 Å². The predicted octanol–water partition coefficient (Wildman–Crippen LogP) is 1.99. The van der Waals surface area contributed by atoms with E-state index in [9.17, 15) is 4.79 Å². The van der Waals surface area contributed by atoms with Crippen molar-refractivity contribution in [2.24, 2.45) is 0 Å². The number of para-hydroxylation sites is 1. The van der Waals surface area contributed by atoms with Crippen LogP contribution in [0.1, 0.15) is 12.5 Å². The van der Waals surface area contributed by atoms with E-state index in [0.29, 0.717) is 12.6 Å². The first kappa shape index (κ1) is 10.7. The molecule has 18 heavy (non-hydrogen) atoms. The van der Waals surface area contributed by atoms with Gasteiger partial charge in [-0.15, -0.1) is 0 Å². The third-order valence-corrected chi connectivity index (χ3v) is 2.68. The number of carbonyl (C=O) groups excluding carboxylic acids is 1. The van der Waals surface area contributed by atoms with Crippen molar-refractivity contribution in [1.29, 1.82) is 0 Å². The standard InChI is InChI=1S/C13H11N3O2/c1-8(17)15-13-14-6-9-7-18-11-5-3-2-4-10(11)12(9)16-13/h2-6H,7H2,1H3,(H,14,15,16,17). The van der Waals surface area contributed by atoms with Crippen molar-refractivity contribution in [3.63, 3.8) is 0 Å². The molecule has 1 aromatic heterocycles. The average Bonchev–Trinajstić information content (AvgIpc) is 2.38. The van der Waals surface area contributed by atoms with Gasteiger partial charge < -0.3 is 4.74 Å². The van der Waals surface area contributed by atoms with E-state index in [0.717, 1.165) is 22.6 Å². The topological polar surface area (TPSA) is 64.1 Å². The Kier molecular flexibility index (Phi) is 2.44. The van der Waals surface area contributed by atoms with Crippen LogP contribution in [0.15, 0.2) is 30.5 Å². The monoisotopic (exact) mass is 241 g/mol. The summed E-state index contributed by atoms with van der Waals surface area (Å²) < 4.78 is 5.60. The number of carbonyl (C=O) groups is 1. The summed E-state index contributed by atoms with van der Waals surface area (Å²) in [6, 6.07) is 7.69. The number of fused-ring (bicyclic) bond motifs is 3. The zero-order valence-electron chi connectivity index (χ0n) is 9.80. The lowest BCUT2D eigenvalue weighted by Crippen LogP contribution is -2.13. The van der Waals surface area contributed by atoms with Gasteiger partial charge in [-0.1, -0.05) is 12.1 Å². The molecule has 0 saturated carbocycles. The second kappa shape index (κ2) is 4.10. The summed E-state index contributed by atoms with van der Waals surface area (Å²) in [7, 11) is 0. The molecule has 0 atom stereocenters. The number of rotatable bonds is 1. The van der Waals surface area contributed by atoms with Crippen LogP contribution in [0.2, 0.25) is 0 Å². The summed E-state index contributed by atoms with van der Waals surface area (Å²) in [6.07, 6.45) is 1.68. The van der Waals surface area contributed by atoms with Crippen LogP contribution in [0.4, 0.5) is 5.95 Å². The number of nitrogens with one attached hydrogen (secondary N) is 1. The van der Waals surface area contributed by atoms with E-state index in [1.807, 2.05) is 24.3 Å². The summed E-state index contributed by atoms with van der Waals surface area (Å²) >= 11 is 0. The molecule has 1 aliphatic heterocycles. The number of anilines is 1. The first-order valence-corrected chi connectivity index (χ1v) is 5.60. The van der Waals surface area contributed by atoms with Crippen LogP contribution in [0.25, 0.3) is 11.3 Å². The van der Waals surface area contributed by atoms with Gasteiger partial charge in [0.25, 0.3) is 0 Å². The molecule has 0 spiro atoms. The van der Waals surface area contributed by atoms with E-state index in [2.05, 4.69) is 15.3 Å². The number of benzene rings is 1. The Morgan fingerprint density at radius 1 is 1.39 bits per heavy atom. The molecule has 5 heteroatoms. The van der Waals surface area contributed by atoms with E-state index in [1.54, 1.807) is 6.20 Å². The molecule has 0 unspecified atom stereocenters. The van der Waals surface area contributed by atoms with Crippen molar-refractivity contribution in [3.05, 3.63) is 36.0 Å². The summed E-state index contributed by atoms with van der Waals surface area (Å²) in [4.78, 5) is 19.5. The Labute approximate surface area is 104 Å². The van der Waals surface area contributed by atoms with E-state index in [1.165, 1.54) is 6.92 Å². The average molecular weight is 241 g/mol. The lowest BCUT2D eigenvalue weighted by molar-refractivity contribution is -0.114. The van der Waals surface area contributed by atoms with Gasteiger partial charge in [-0.05, 0) is 12.1 Å². The van der Waals surface area contributed by atoms with Gasteiger partial charge in [0.05, 0.1) is 5.69 Å². The minimum Gasteiger partial charge on any atom is -0.488 e. The third-order valence-electron chi connectivity index (χ3n) is 2.68. The highest BCUT2D eigenvalue weighted by Crippen LogP contribution is 2.35. The van der Waals surface area contributed by atoms with Gasteiger partial charge in [0.1, 0.15) is 12.4 Å². The highest BCUT2D eigenvalue weighted by Gasteiger charge is 2.19. The first-order valence-electron chi connectivity index (χ1n) is 5.60. The third kappa shape index (κ3) is 1.79. The van der Waals surface area contributed by atoms with E-state index >= 15 is 0 Å². The highest BCUT2D eigenvalue weighted by atomic mass is 16.5. The molecule has 2 aromatic rings. The van der Waals surface area contributed by atoms with Crippen molar-refractivity contribution in [2.45, 2.75) is 13.5 Å². The molecule has 1 N–H and O–H groups in total. The van der Waals surface area contributed by atoms with E-state index in [-0.39, 0.29) is 5.91 Å². The zero-order valence-corrected chi connectivity index (χ0v) is 9.80. The van der Waals surface area contributed by atoms with Gasteiger partial charge in [0.2, 0.25) is 11.9 Å². The van der Waals surface area contributed by atoms with Crippen LogP contribution in [0.5, 0.6) is 5.75 Å². The zero-order chi connectivity index (χ0) is 12.5. The molecule has 5 nitrogen and oxygen atoms in total. The number of aromatic nitrogens is 2. The Bertz CT molecular complexity index is 625. The lowest BCUT2D eigenvalue weighted by Gasteiger charge is -2.19. The summed E-state index contributed by atoms with van der Waals surface area (Å²) in [5.41, 5.74) is 2.66. The fourth-order valence-electron chi connectivity index (χ4n) is 1.91. The highest BCUT2D eigenvalue weighted by molar-refractivity contribution is 5.87. The fourth-order valence-corrected chi connectivity index (χ4v) is 1.91. The quantitative estimate of drug-likeness (QED) is 0.829. The number of amides is 1. The number of ether oxygens (including phenoxy) is 1. The first-order chi connectivity index (χ1) is 8.74. The second-order valence-corrected chi connectivity index (χ2v) is 4.03. The lowest BCUT2D eigenvalue weighted by atomic mass is 10.0. The normalized spacial score (nSPS) is 12.1. The van der Waals surface area contributed by atoms with Crippen LogP contribution in [-0.4, -0.2) is 15.9 Å². The summed E-state index contributed by atoms with van der Waals surface area (Å²) in [5, 5.41) is 2.58. The maximum atomic E-state index is 11.0. The van der Waals surface area contributed by atoms with Gasteiger partial charge in [-0.25, -0.2) is 9.97 Å². The molecule has 1 aromatic carbocycles. The Morgan fingerprint density at radius 3 is 3.06 bits per heavy atom. The molecule has 0 bridgehead atoms. The predicted molar refractivity (Wildman–Crippen MR) is 66.1 cm³/mol. The van der Waals surface area contributed by atoms with Gasteiger partial charge in [-0.2, -0.15) is 0 Å². The van der Waals surface area contributed by atoms with Gasteiger partial charge in [0, 0.05) is 24.2 Å². The van der Waals surface area contributed by atoms with Crippen molar-refractivity contribution < 1.29 is 9.53 Å². The molecule has 1 amide bonds. The number of hydrogen-bond donors (Lipinski definition) is 1. The van der Waals surface area contributed by atoms with E-state index < -0.39 is 0 Å². The van der Waals surface area contributed by atoms with Crippen molar-refractivity contribution in [1.82, 2.24) is 9.97 Å². The van der Waals surface area contributed by atoms with E-state index in [4.69, 9.17) is 4.74 Å². The molecule has 0 saturated heterocycles. The Balaban J connectivity index is 2.10. The Morgan fingerprint density at radius 2 is 2.22 bits per heavy atom. The van der Waals surface area contributed by atoms with Crippen LogP contribution in [0.3, 0.4) is 0 Å².